The topological polar surface area (TPSA) is 17.1 Å². The van der Waals surface area contributed by atoms with Gasteiger partial charge in [-0.2, -0.15) is 0 Å². The molecule has 4 aliphatic carbocycles. The van der Waals surface area contributed by atoms with Crippen molar-refractivity contribution in [1.82, 2.24) is 0 Å². The zero-order valence-electron chi connectivity index (χ0n) is 17.5. The average molecular weight is 375 g/mol. The lowest BCUT2D eigenvalue weighted by Crippen LogP contribution is -2.50. The molecular formula is C27H34O. The fourth-order valence-electron chi connectivity index (χ4n) is 7.71. The van der Waals surface area contributed by atoms with Crippen molar-refractivity contribution in [3.05, 3.63) is 53.6 Å². The van der Waals surface area contributed by atoms with Gasteiger partial charge < -0.3 is 0 Å². The van der Waals surface area contributed by atoms with Crippen molar-refractivity contribution >= 4 is 11.9 Å². The molecular weight excluding hydrogens is 340 g/mol. The van der Waals surface area contributed by atoms with Crippen molar-refractivity contribution in [2.24, 2.45) is 34.5 Å². The maximum absolute atomic E-state index is 12.0. The Bertz CT molecular complexity index is 818. The fraction of sp³-hybridized carbons (Fsp3) is 0.593. The van der Waals surface area contributed by atoms with Crippen molar-refractivity contribution in [1.29, 1.82) is 0 Å². The average Bonchev–Trinajstić information content (AvgIpc) is 3.04. The molecule has 2 unspecified atom stereocenters. The van der Waals surface area contributed by atoms with Crippen molar-refractivity contribution in [2.45, 2.75) is 65.2 Å². The summed E-state index contributed by atoms with van der Waals surface area (Å²) in [6.07, 6.45) is 16.7. The summed E-state index contributed by atoms with van der Waals surface area (Å²) in [5.74, 6) is 3.63. The lowest BCUT2D eigenvalue weighted by molar-refractivity contribution is -0.117. The maximum Gasteiger partial charge on any atom is 0.155 e. The van der Waals surface area contributed by atoms with Crippen LogP contribution in [-0.4, -0.2) is 5.78 Å². The standard InChI is InChI=1S/C27H34O/c1-26-17-15-25-23(12-10-21-18-22(28)14-16-27(21,25)2)24(26)13-11-20(26)9-8-19-6-4-3-5-7-19/h3-9,18,20,23-25H,10-17H2,1-2H3/b9-8+/t20-,23+,24?,25?,26-,27+/m1/s1. The predicted molar refractivity (Wildman–Crippen MR) is 116 cm³/mol. The molecule has 1 heteroatoms. The van der Waals surface area contributed by atoms with Gasteiger partial charge in [0.2, 0.25) is 0 Å². The molecule has 1 nitrogen and oxygen atoms in total. The Balaban J connectivity index is 1.39. The van der Waals surface area contributed by atoms with Gasteiger partial charge in [0.25, 0.3) is 0 Å². The normalized spacial score (nSPS) is 42.6. The molecule has 0 saturated heterocycles. The minimum Gasteiger partial charge on any atom is -0.295 e. The third-order valence-corrected chi connectivity index (χ3v) is 9.36. The van der Waals surface area contributed by atoms with Gasteiger partial charge in [0, 0.05) is 6.42 Å². The summed E-state index contributed by atoms with van der Waals surface area (Å²) in [6, 6.07) is 10.8. The van der Waals surface area contributed by atoms with Crippen LogP contribution >= 0.6 is 0 Å². The van der Waals surface area contributed by atoms with E-state index in [0.29, 0.717) is 16.6 Å². The van der Waals surface area contributed by atoms with E-state index < -0.39 is 0 Å². The van der Waals surface area contributed by atoms with E-state index in [-0.39, 0.29) is 0 Å². The molecule has 0 bridgehead atoms. The van der Waals surface area contributed by atoms with Gasteiger partial charge in [-0.1, -0.05) is 61.9 Å². The second kappa shape index (κ2) is 6.71. The van der Waals surface area contributed by atoms with Crippen LogP contribution in [0.25, 0.3) is 6.08 Å². The van der Waals surface area contributed by atoms with Crippen molar-refractivity contribution in [3.63, 3.8) is 0 Å². The molecule has 148 valence electrons. The molecule has 0 N–H and O–H groups in total. The van der Waals surface area contributed by atoms with E-state index in [1.54, 1.807) is 0 Å². The van der Waals surface area contributed by atoms with Gasteiger partial charge in [0.15, 0.2) is 5.78 Å². The predicted octanol–water partition coefficient (Wildman–Crippen LogP) is 6.85. The lowest BCUT2D eigenvalue weighted by Gasteiger charge is -2.58. The van der Waals surface area contributed by atoms with Crippen molar-refractivity contribution in [2.75, 3.05) is 0 Å². The lowest BCUT2D eigenvalue weighted by atomic mass is 9.47. The first-order valence-corrected chi connectivity index (χ1v) is 11.5. The Labute approximate surface area is 170 Å². The molecule has 0 amide bonds. The number of hydrogen-bond donors (Lipinski definition) is 0. The van der Waals surface area contributed by atoms with Crippen LogP contribution in [-0.2, 0) is 4.79 Å². The molecule has 1 aromatic rings. The first-order valence-electron chi connectivity index (χ1n) is 11.5. The Morgan fingerprint density at radius 1 is 0.929 bits per heavy atom. The van der Waals surface area contributed by atoms with E-state index in [9.17, 15) is 4.79 Å². The zero-order chi connectivity index (χ0) is 19.4. The summed E-state index contributed by atoms with van der Waals surface area (Å²) in [5, 5.41) is 0. The second-order valence-electron chi connectivity index (χ2n) is 10.5. The number of allylic oxidation sites excluding steroid dienone is 2. The Hall–Kier alpha value is -1.63. The smallest absolute Gasteiger partial charge is 0.155 e. The van der Waals surface area contributed by atoms with E-state index in [2.05, 4.69) is 56.3 Å². The van der Waals surface area contributed by atoms with Crippen molar-refractivity contribution < 1.29 is 4.79 Å². The highest BCUT2D eigenvalue weighted by Gasteiger charge is 2.58. The number of rotatable bonds is 2. The van der Waals surface area contributed by atoms with Crippen LogP contribution in [0.5, 0.6) is 0 Å². The van der Waals surface area contributed by atoms with E-state index in [0.717, 1.165) is 36.5 Å². The molecule has 1 aromatic carbocycles. The van der Waals surface area contributed by atoms with Crippen LogP contribution in [0, 0.1) is 34.5 Å². The Morgan fingerprint density at radius 3 is 2.57 bits per heavy atom. The maximum atomic E-state index is 12.0. The second-order valence-corrected chi connectivity index (χ2v) is 10.5. The molecule has 5 rings (SSSR count). The third kappa shape index (κ3) is 2.77. The molecule has 6 atom stereocenters. The summed E-state index contributed by atoms with van der Waals surface area (Å²) >= 11 is 0. The highest BCUT2D eigenvalue weighted by atomic mass is 16.1. The van der Waals surface area contributed by atoms with Crippen LogP contribution in [0.1, 0.15) is 70.8 Å². The highest BCUT2D eigenvalue weighted by molar-refractivity contribution is 5.91. The van der Waals surface area contributed by atoms with Crippen molar-refractivity contribution in [3.8, 4) is 0 Å². The summed E-state index contributed by atoms with van der Waals surface area (Å²) in [4.78, 5) is 12.0. The number of fused-ring (bicyclic) bond motifs is 5. The molecule has 3 saturated carbocycles. The zero-order valence-corrected chi connectivity index (χ0v) is 17.5. The first-order chi connectivity index (χ1) is 13.5. The van der Waals surface area contributed by atoms with Crippen LogP contribution in [0.15, 0.2) is 48.1 Å². The van der Waals surface area contributed by atoms with Gasteiger partial charge in [-0.15, -0.1) is 0 Å². The largest absolute Gasteiger partial charge is 0.295 e. The van der Waals surface area contributed by atoms with Crippen LogP contribution in [0.2, 0.25) is 0 Å². The molecule has 0 heterocycles. The summed E-state index contributed by atoms with van der Waals surface area (Å²) in [5.41, 5.74) is 3.59. The molecule has 28 heavy (non-hydrogen) atoms. The van der Waals surface area contributed by atoms with Crippen LogP contribution < -0.4 is 0 Å². The summed E-state index contributed by atoms with van der Waals surface area (Å²) < 4.78 is 0. The number of hydrogen-bond acceptors (Lipinski definition) is 1. The monoisotopic (exact) mass is 374 g/mol. The number of carbonyl (C=O) groups excluding carboxylic acids is 1. The number of benzene rings is 1. The van der Waals surface area contributed by atoms with Crippen LogP contribution in [0.3, 0.4) is 0 Å². The van der Waals surface area contributed by atoms with Gasteiger partial charge in [-0.25, -0.2) is 0 Å². The Kier molecular flexibility index (Phi) is 4.41. The van der Waals surface area contributed by atoms with E-state index >= 15 is 0 Å². The molecule has 0 aliphatic heterocycles. The molecule has 0 aromatic heterocycles. The third-order valence-electron chi connectivity index (χ3n) is 9.36. The van der Waals surface area contributed by atoms with Gasteiger partial charge in [0.05, 0.1) is 0 Å². The molecule has 0 spiro atoms. The molecule has 0 radical (unpaired) electrons. The molecule has 4 aliphatic rings. The number of ketones is 1. The van der Waals surface area contributed by atoms with E-state index in [1.165, 1.54) is 49.7 Å². The SMILES string of the molecule is C[C@]12CCC(=O)C=C1CC[C@@H]1C2CC[C@@]2(C)C1CC[C@H]2/C=C/c1ccccc1. The fourth-order valence-corrected chi connectivity index (χ4v) is 7.71. The van der Waals surface area contributed by atoms with Gasteiger partial charge in [-0.05, 0) is 91.1 Å². The van der Waals surface area contributed by atoms with Crippen LogP contribution in [0.4, 0.5) is 0 Å². The quantitative estimate of drug-likeness (QED) is 0.553. The minimum atomic E-state index is 0.302. The van der Waals surface area contributed by atoms with Gasteiger partial charge in [-0.3, -0.25) is 4.79 Å². The van der Waals surface area contributed by atoms with Gasteiger partial charge >= 0.3 is 0 Å². The minimum absolute atomic E-state index is 0.302. The summed E-state index contributed by atoms with van der Waals surface area (Å²) in [7, 11) is 0. The summed E-state index contributed by atoms with van der Waals surface area (Å²) in [6.45, 7) is 5.09. The van der Waals surface area contributed by atoms with E-state index in [4.69, 9.17) is 0 Å². The Morgan fingerprint density at radius 2 is 1.75 bits per heavy atom. The molecule has 3 fully saturated rings. The first kappa shape index (κ1) is 18.4. The highest BCUT2D eigenvalue weighted by Crippen LogP contribution is 2.66. The number of carbonyl (C=O) groups is 1. The van der Waals surface area contributed by atoms with Gasteiger partial charge in [0.1, 0.15) is 0 Å². The van der Waals surface area contributed by atoms with E-state index in [1.807, 2.05) is 6.08 Å².